The highest BCUT2D eigenvalue weighted by atomic mass is 15.2. The molecular formula is C46H100N4. The predicted molar refractivity (Wildman–Crippen MR) is 233 cm³/mol. The Balaban J connectivity index is -0.000000578. The van der Waals surface area contributed by atoms with E-state index >= 15 is 0 Å². The van der Waals surface area contributed by atoms with Crippen molar-refractivity contribution in [3.05, 3.63) is 11.6 Å². The Morgan fingerprint density at radius 2 is 0.820 bits per heavy atom. The number of hydrogen-bond donors (Lipinski definition) is 0. The highest BCUT2D eigenvalue weighted by Gasteiger charge is 2.26. The molecule has 4 rings (SSSR count). The van der Waals surface area contributed by atoms with Gasteiger partial charge in [0.2, 0.25) is 0 Å². The molecule has 4 heterocycles. The van der Waals surface area contributed by atoms with E-state index in [9.17, 15) is 0 Å². The largest absolute Gasteiger partial charge is 0.301 e. The van der Waals surface area contributed by atoms with Crippen LogP contribution in [0.5, 0.6) is 0 Å². The standard InChI is InChI=1S/C11H23N.C11H21N.C11H23N.C10H21N.3CH4/c2*1-9(2)11-5-7-12(8-6-11)10(3)4;1-9(2)11-6-5-7-12(8-11)10(3)4;1-8(2)10-5-6-11(7-10)9(3)4;;;/h9-11H,5-8H2,1-4H3;5,9-10H,6-8H2,1-4H3;9-11H,5-8H2,1-4H3;8-10H,5-7H2,1-4H3;3*1H4. The first-order valence-electron chi connectivity index (χ1n) is 20.6. The van der Waals surface area contributed by atoms with E-state index in [2.05, 4.69) is 136 Å². The molecule has 0 radical (unpaired) electrons. The minimum atomic E-state index is 0. The quantitative estimate of drug-likeness (QED) is 0.233. The number of nitrogens with zero attached hydrogens (tertiary/aromatic N) is 4. The summed E-state index contributed by atoms with van der Waals surface area (Å²) in [4.78, 5) is 10.3. The molecule has 0 spiro atoms. The van der Waals surface area contributed by atoms with Gasteiger partial charge in [-0.2, -0.15) is 0 Å². The van der Waals surface area contributed by atoms with Crippen LogP contribution in [-0.2, 0) is 0 Å². The lowest BCUT2D eigenvalue weighted by atomic mass is 9.86. The molecule has 0 aromatic heterocycles. The van der Waals surface area contributed by atoms with Gasteiger partial charge in [0.15, 0.2) is 0 Å². The van der Waals surface area contributed by atoms with E-state index in [-0.39, 0.29) is 22.3 Å². The second kappa shape index (κ2) is 28.1. The molecule has 304 valence electrons. The van der Waals surface area contributed by atoms with Crippen molar-refractivity contribution < 1.29 is 0 Å². The summed E-state index contributed by atoms with van der Waals surface area (Å²) in [6.07, 6.45) is 10.8. The summed E-state index contributed by atoms with van der Waals surface area (Å²) in [5.74, 6) is 6.27. The Morgan fingerprint density at radius 1 is 0.440 bits per heavy atom. The summed E-state index contributed by atoms with van der Waals surface area (Å²) in [5.41, 5.74) is 1.65. The third-order valence-electron chi connectivity index (χ3n) is 12.1. The van der Waals surface area contributed by atoms with E-state index in [4.69, 9.17) is 0 Å². The van der Waals surface area contributed by atoms with Gasteiger partial charge < -0.3 is 14.7 Å². The molecule has 4 heteroatoms. The Morgan fingerprint density at radius 3 is 1.14 bits per heavy atom. The Hall–Kier alpha value is -0.420. The number of piperidine rings is 2. The highest BCUT2D eigenvalue weighted by Crippen LogP contribution is 2.27. The van der Waals surface area contributed by atoms with E-state index in [1.807, 2.05) is 0 Å². The van der Waals surface area contributed by atoms with Crippen molar-refractivity contribution >= 4 is 0 Å². The molecule has 4 aliphatic rings. The molecule has 0 amide bonds. The van der Waals surface area contributed by atoms with Gasteiger partial charge in [0.05, 0.1) is 0 Å². The summed E-state index contributed by atoms with van der Waals surface area (Å²) in [6, 6.07) is 2.94. The van der Waals surface area contributed by atoms with Crippen molar-refractivity contribution in [1.29, 1.82) is 0 Å². The van der Waals surface area contributed by atoms with Crippen molar-refractivity contribution in [2.24, 2.45) is 41.4 Å². The molecule has 0 aliphatic carbocycles. The van der Waals surface area contributed by atoms with Crippen LogP contribution >= 0.6 is 0 Å². The zero-order valence-electron chi connectivity index (χ0n) is 35.1. The average Bonchev–Trinajstić information content (AvgIpc) is 3.54. The van der Waals surface area contributed by atoms with Crippen LogP contribution in [0.15, 0.2) is 11.6 Å². The Kier molecular flexibility index (Phi) is 30.3. The van der Waals surface area contributed by atoms with Crippen molar-refractivity contribution in [2.45, 2.75) is 196 Å². The number of likely N-dealkylation sites (tertiary alicyclic amines) is 3. The van der Waals surface area contributed by atoms with E-state index < -0.39 is 0 Å². The van der Waals surface area contributed by atoms with Gasteiger partial charge in [0, 0.05) is 50.3 Å². The first kappa shape index (κ1) is 53.9. The molecule has 0 aromatic carbocycles. The minimum absolute atomic E-state index is 0. The number of hydrogen-bond acceptors (Lipinski definition) is 4. The summed E-state index contributed by atoms with van der Waals surface area (Å²) in [5, 5.41) is 0. The Bertz CT molecular complexity index is 759. The van der Waals surface area contributed by atoms with Gasteiger partial charge in [0.25, 0.3) is 0 Å². The zero-order valence-corrected chi connectivity index (χ0v) is 35.1. The lowest BCUT2D eigenvalue weighted by Gasteiger charge is -2.37. The van der Waals surface area contributed by atoms with Gasteiger partial charge in [-0.15, -0.1) is 0 Å². The van der Waals surface area contributed by atoms with Crippen LogP contribution < -0.4 is 0 Å². The van der Waals surface area contributed by atoms with Crippen LogP contribution in [0.3, 0.4) is 0 Å². The highest BCUT2D eigenvalue weighted by molar-refractivity contribution is 5.09. The third kappa shape index (κ3) is 20.7. The summed E-state index contributed by atoms with van der Waals surface area (Å²) in [7, 11) is 0. The molecule has 4 aliphatic heterocycles. The summed E-state index contributed by atoms with van der Waals surface area (Å²) >= 11 is 0. The van der Waals surface area contributed by atoms with Gasteiger partial charge in [0.1, 0.15) is 0 Å². The van der Waals surface area contributed by atoms with E-state index in [0.29, 0.717) is 6.04 Å². The van der Waals surface area contributed by atoms with Crippen LogP contribution in [0.25, 0.3) is 0 Å². The molecule has 3 fully saturated rings. The summed E-state index contributed by atoms with van der Waals surface area (Å²) in [6.45, 7) is 47.4. The van der Waals surface area contributed by atoms with Gasteiger partial charge >= 0.3 is 0 Å². The van der Waals surface area contributed by atoms with Gasteiger partial charge in [-0.05, 0) is 162 Å². The monoisotopic (exact) mass is 709 g/mol. The SMILES string of the molecule is C.C.C.CC(C)C1=CCN(C(C)C)CC1.CC(C)C1CCCN(C(C)C)C1.CC(C)C1CCN(C(C)C)C1.CC(C)C1CCN(C(C)C)CC1. The topological polar surface area (TPSA) is 13.0 Å². The van der Waals surface area contributed by atoms with Gasteiger partial charge in [-0.1, -0.05) is 89.3 Å². The van der Waals surface area contributed by atoms with Crippen molar-refractivity contribution in [3.63, 3.8) is 0 Å². The maximum Gasteiger partial charge on any atom is 0.0168 e. The fourth-order valence-corrected chi connectivity index (χ4v) is 7.68. The Labute approximate surface area is 320 Å². The lowest BCUT2D eigenvalue weighted by Crippen LogP contribution is -2.41. The predicted octanol–water partition coefficient (Wildman–Crippen LogP) is 12.5. The minimum Gasteiger partial charge on any atom is -0.301 e. The average molecular weight is 709 g/mol. The molecule has 2 unspecified atom stereocenters. The maximum atomic E-state index is 2.62. The second-order valence-corrected chi connectivity index (χ2v) is 18.1. The second-order valence-electron chi connectivity index (χ2n) is 18.1. The van der Waals surface area contributed by atoms with Crippen LogP contribution in [-0.4, -0.2) is 96.1 Å². The van der Waals surface area contributed by atoms with Gasteiger partial charge in [-0.25, -0.2) is 0 Å². The molecule has 0 N–H and O–H groups in total. The lowest BCUT2D eigenvalue weighted by molar-refractivity contribution is 0.117. The first-order chi connectivity index (χ1) is 21.9. The van der Waals surface area contributed by atoms with Crippen LogP contribution in [0.1, 0.15) is 172 Å². The van der Waals surface area contributed by atoms with E-state index in [1.54, 1.807) is 5.57 Å². The van der Waals surface area contributed by atoms with Crippen LogP contribution in [0.4, 0.5) is 0 Å². The molecule has 4 nitrogen and oxygen atoms in total. The van der Waals surface area contributed by atoms with Crippen molar-refractivity contribution in [3.8, 4) is 0 Å². The fraction of sp³-hybridized carbons (Fsp3) is 0.957. The van der Waals surface area contributed by atoms with Crippen molar-refractivity contribution in [2.75, 3.05) is 52.4 Å². The normalized spacial score (nSPS) is 22.8. The van der Waals surface area contributed by atoms with Gasteiger partial charge in [-0.3, -0.25) is 4.90 Å². The van der Waals surface area contributed by atoms with Crippen molar-refractivity contribution in [1.82, 2.24) is 19.6 Å². The molecule has 0 saturated carbocycles. The van der Waals surface area contributed by atoms with Crippen LogP contribution in [0, 0.1) is 41.4 Å². The molecule has 0 aromatic rings. The molecule has 2 atom stereocenters. The third-order valence-corrected chi connectivity index (χ3v) is 12.1. The molecule has 0 bridgehead atoms. The van der Waals surface area contributed by atoms with E-state index in [0.717, 1.165) is 66.1 Å². The van der Waals surface area contributed by atoms with E-state index in [1.165, 1.54) is 84.3 Å². The number of rotatable bonds is 8. The smallest absolute Gasteiger partial charge is 0.0168 e. The summed E-state index contributed by atoms with van der Waals surface area (Å²) < 4.78 is 0. The molecule has 50 heavy (non-hydrogen) atoms. The fourth-order valence-electron chi connectivity index (χ4n) is 7.68. The molecular weight excluding hydrogens is 609 g/mol. The zero-order chi connectivity index (χ0) is 35.8. The first-order valence-corrected chi connectivity index (χ1v) is 20.6. The molecule has 3 saturated heterocycles. The maximum absolute atomic E-state index is 2.62. The van der Waals surface area contributed by atoms with Crippen LogP contribution in [0.2, 0.25) is 0 Å².